The van der Waals surface area contributed by atoms with E-state index in [-0.39, 0.29) is 12.4 Å². The van der Waals surface area contributed by atoms with Crippen molar-refractivity contribution in [3.05, 3.63) is 47.8 Å². The minimum Gasteiger partial charge on any atom is -0.392 e. The second-order valence-electron chi connectivity index (χ2n) is 2.58. The molecule has 0 atom stereocenters. The number of aliphatic hydroxyl groups is 1. The second-order valence-corrected chi connectivity index (χ2v) is 2.58. The first-order valence-electron chi connectivity index (χ1n) is 3.77. The molecule has 1 nitrogen and oxygen atoms in total. The Morgan fingerprint density at radius 3 is 2.83 bits per heavy atom. The summed E-state index contributed by atoms with van der Waals surface area (Å²) in [4.78, 5) is 0. The van der Waals surface area contributed by atoms with Crippen LogP contribution in [-0.4, -0.2) is 5.11 Å². The van der Waals surface area contributed by atoms with Crippen LogP contribution in [0.15, 0.2) is 30.9 Å². The van der Waals surface area contributed by atoms with Gasteiger partial charge in [0.15, 0.2) is 0 Å². The average molecular weight is 166 g/mol. The lowest BCUT2D eigenvalue weighted by molar-refractivity contribution is 0.275. The van der Waals surface area contributed by atoms with E-state index >= 15 is 0 Å². The maximum atomic E-state index is 12.8. The summed E-state index contributed by atoms with van der Waals surface area (Å²) in [7, 11) is 0. The normalized spacial score (nSPS) is 9.83. The molecule has 0 saturated carbocycles. The quantitative estimate of drug-likeness (QED) is 0.681. The molecule has 0 aliphatic heterocycles. The molecule has 1 rings (SSSR count). The van der Waals surface area contributed by atoms with Crippen molar-refractivity contribution in [1.29, 1.82) is 0 Å². The minimum absolute atomic E-state index is 0.253. The number of allylic oxidation sites excluding steroid dienone is 1. The first-order valence-corrected chi connectivity index (χ1v) is 3.77. The highest BCUT2D eigenvalue weighted by atomic mass is 19.1. The fourth-order valence-corrected chi connectivity index (χ4v) is 1.04. The average Bonchev–Trinajstić information content (AvgIpc) is 2.09. The summed E-state index contributed by atoms with van der Waals surface area (Å²) in [6.07, 6.45) is 2.45. The summed E-state index contributed by atoms with van der Waals surface area (Å²) in [6, 6.07) is 4.71. The van der Waals surface area contributed by atoms with Crippen LogP contribution in [0.1, 0.15) is 11.1 Å². The van der Waals surface area contributed by atoms with Gasteiger partial charge in [-0.2, -0.15) is 0 Å². The van der Waals surface area contributed by atoms with Crippen molar-refractivity contribution < 1.29 is 9.50 Å². The van der Waals surface area contributed by atoms with Crippen LogP contribution in [0.2, 0.25) is 0 Å². The summed E-state index contributed by atoms with van der Waals surface area (Å²) in [5, 5.41) is 8.75. The lowest BCUT2D eigenvalue weighted by Crippen LogP contribution is -1.91. The van der Waals surface area contributed by atoms with Crippen molar-refractivity contribution in [2.24, 2.45) is 0 Å². The van der Waals surface area contributed by atoms with E-state index in [1.807, 2.05) is 0 Å². The largest absolute Gasteiger partial charge is 0.392 e. The summed E-state index contributed by atoms with van der Waals surface area (Å²) in [5.41, 5.74) is 1.31. The third-order valence-corrected chi connectivity index (χ3v) is 1.66. The Bertz CT molecular complexity index is 281. The molecule has 0 aliphatic carbocycles. The van der Waals surface area contributed by atoms with Crippen LogP contribution in [0.4, 0.5) is 4.39 Å². The van der Waals surface area contributed by atoms with Gasteiger partial charge in [-0.15, -0.1) is 6.58 Å². The van der Waals surface area contributed by atoms with Gasteiger partial charge in [0.05, 0.1) is 6.61 Å². The second kappa shape index (κ2) is 4.02. The molecular formula is C10H11FO. The Morgan fingerprint density at radius 1 is 1.50 bits per heavy atom. The van der Waals surface area contributed by atoms with E-state index in [4.69, 9.17) is 5.11 Å². The van der Waals surface area contributed by atoms with Gasteiger partial charge in [0, 0.05) is 5.56 Å². The molecule has 0 bridgehead atoms. The highest BCUT2D eigenvalue weighted by Crippen LogP contribution is 2.11. The van der Waals surface area contributed by atoms with E-state index < -0.39 is 0 Å². The zero-order valence-electron chi connectivity index (χ0n) is 6.76. The Labute approximate surface area is 71.2 Å². The van der Waals surface area contributed by atoms with E-state index in [0.29, 0.717) is 12.0 Å². The molecule has 0 spiro atoms. The first kappa shape index (κ1) is 8.94. The van der Waals surface area contributed by atoms with Crippen molar-refractivity contribution >= 4 is 0 Å². The van der Waals surface area contributed by atoms with Gasteiger partial charge in [0.25, 0.3) is 0 Å². The van der Waals surface area contributed by atoms with Gasteiger partial charge < -0.3 is 5.11 Å². The molecule has 2 heteroatoms. The number of rotatable bonds is 3. The summed E-state index contributed by atoms with van der Waals surface area (Å²) < 4.78 is 12.8. The van der Waals surface area contributed by atoms with Gasteiger partial charge in [-0.25, -0.2) is 4.39 Å². The number of aliphatic hydroxyl groups excluding tert-OH is 1. The number of hydrogen-bond donors (Lipinski definition) is 1. The van der Waals surface area contributed by atoms with Crippen LogP contribution in [0.25, 0.3) is 0 Å². The highest BCUT2D eigenvalue weighted by Gasteiger charge is 2.00. The Balaban J connectivity index is 2.96. The minimum atomic E-state index is -0.356. The first-order chi connectivity index (χ1) is 5.77. The molecule has 0 saturated heterocycles. The topological polar surface area (TPSA) is 20.2 Å². The number of halogens is 1. The fraction of sp³-hybridized carbons (Fsp3) is 0.200. The standard InChI is InChI=1S/C10H11FO/c1-2-3-8-4-5-10(11)9(6-8)7-12/h2,4-6,12H,1,3,7H2. The van der Waals surface area contributed by atoms with E-state index in [0.717, 1.165) is 5.56 Å². The molecule has 1 aromatic rings. The van der Waals surface area contributed by atoms with E-state index in [1.165, 1.54) is 6.07 Å². The van der Waals surface area contributed by atoms with Crippen molar-refractivity contribution in [3.8, 4) is 0 Å². The van der Waals surface area contributed by atoms with Crippen LogP contribution >= 0.6 is 0 Å². The van der Waals surface area contributed by atoms with Crippen LogP contribution in [0, 0.1) is 5.82 Å². The SMILES string of the molecule is C=CCc1ccc(F)c(CO)c1. The third-order valence-electron chi connectivity index (χ3n) is 1.66. The van der Waals surface area contributed by atoms with Crippen LogP contribution < -0.4 is 0 Å². The van der Waals surface area contributed by atoms with Gasteiger partial charge in [-0.1, -0.05) is 18.2 Å². The maximum Gasteiger partial charge on any atom is 0.128 e. The molecule has 0 heterocycles. The molecular weight excluding hydrogens is 155 g/mol. The highest BCUT2D eigenvalue weighted by molar-refractivity contribution is 5.25. The van der Waals surface area contributed by atoms with E-state index in [1.54, 1.807) is 18.2 Å². The number of hydrogen-bond acceptors (Lipinski definition) is 1. The van der Waals surface area contributed by atoms with Gasteiger partial charge >= 0.3 is 0 Å². The van der Waals surface area contributed by atoms with Gasteiger partial charge in [-0.05, 0) is 18.1 Å². The van der Waals surface area contributed by atoms with Gasteiger partial charge in [0.2, 0.25) is 0 Å². The fourth-order valence-electron chi connectivity index (χ4n) is 1.04. The zero-order valence-corrected chi connectivity index (χ0v) is 6.76. The predicted molar refractivity (Wildman–Crippen MR) is 46.2 cm³/mol. The van der Waals surface area contributed by atoms with Gasteiger partial charge in [0.1, 0.15) is 5.82 Å². The summed E-state index contributed by atoms with van der Waals surface area (Å²) in [5.74, 6) is -0.356. The maximum absolute atomic E-state index is 12.8. The summed E-state index contributed by atoms with van der Waals surface area (Å²) >= 11 is 0. The third kappa shape index (κ3) is 1.92. The molecule has 0 radical (unpaired) electrons. The lowest BCUT2D eigenvalue weighted by Gasteiger charge is -2.01. The zero-order chi connectivity index (χ0) is 8.97. The Hall–Kier alpha value is -1.15. The molecule has 0 unspecified atom stereocenters. The van der Waals surface area contributed by atoms with Crippen molar-refractivity contribution in [3.63, 3.8) is 0 Å². The monoisotopic (exact) mass is 166 g/mol. The predicted octanol–water partition coefficient (Wildman–Crippen LogP) is 2.05. The Morgan fingerprint density at radius 2 is 2.25 bits per heavy atom. The molecule has 0 amide bonds. The van der Waals surface area contributed by atoms with Crippen molar-refractivity contribution in [2.75, 3.05) is 0 Å². The molecule has 0 aliphatic rings. The van der Waals surface area contributed by atoms with Crippen LogP contribution in [0.5, 0.6) is 0 Å². The molecule has 0 aromatic heterocycles. The van der Waals surface area contributed by atoms with Gasteiger partial charge in [-0.3, -0.25) is 0 Å². The van der Waals surface area contributed by atoms with E-state index in [2.05, 4.69) is 6.58 Å². The molecule has 1 N–H and O–H groups in total. The van der Waals surface area contributed by atoms with E-state index in [9.17, 15) is 4.39 Å². The molecule has 1 aromatic carbocycles. The van der Waals surface area contributed by atoms with Crippen LogP contribution in [-0.2, 0) is 13.0 Å². The molecule has 0 fully saturated rings. The van der Waals surface area contributed by atoms with Crippen molar-refractivity contribution in [2.45, 2.75) is 13.0 Å². The molecule has 64 valence electrons. The Kier molecular flexibility index (Phi) is 3.00. The molecule has 12 heavy (non-hydrogen) atoms. The summed E-state index contributed by atoms with van der Waals surface area (Å²) in [6.45, 7) is 3.32. The number of benzene rings is 1. The van der Waals surface area contributed by atoms with Crippen LogP contribution in [0.3, 0.4) is 0 Å². The smallest absolute Gasteiger partial charge is 0.128 e. The lowest BCUT2D eigenvalue weighted by atomic mass is 10.1. The van der Waals surface area contributed by atoms with Crippen molar-refractivity contribution in [1.82, 2.24) is 0 Å².